The fraction of sp³-hybridized carbons (Fsp3) is 0.385. The molecule has 0 saturated carbocycles. The van der Waals surface area contributed by atoms with Crippen molar-refractivity contribution < 1.29 is 4.74 Å². The molecular weight excluding hydrogens is 256 g/mol. The van der Waals surface area contributed by atoms with E-state index in [2.05, 4.69) is 21.4 Å². The van der Waals surface area contributed by atoms with Crippen molar-refractivity contribution in [2.24, 2.45) is 27.2 Å². The van der Waals surface area contributed by atoms with Crippen molar-refractivity contribution in [3.63, 3.8) is 0 Å². The molecule has 0 saturated heterocycles. The van der Waals surface area contributed by atoms with Crippen LogP contribution < -0.4 is 27.3 Å². The molecule has 0 bridgehead atoms. The second-order valence-electron chi connectivity index (χ2n) is 4.60. The average molecular weight is 276 g/mol. The first-order valence-corrected chi connectivity index (χ1v) is 6.41. The second-order valence-corrected chi connectivity index (χ2v) is 4.60. The van der Waals surface area contributed by atoms with E-state index in [9.17, 15) is 0 Å². The summed E-state index contributed by atoms with van der Waals surface area (Å²) in [6.07, 6.45) is 0.869. The van der Waals surface area contributed by atoms with Gasteiger partial charge in [-0.1, -0.05) is 0 Å². The summed E-state index contributed by atoms with van der Waals surface area (Å²) in [7, 11) is 1.67. The number of fused-ring (bicyclic) bond motifs is 1. The van der Waals surface area contributed by atoms with Gasteiger partial charge in [0.2, 0.25) is 5.96 Å². The molecule has 1 aromatic carbocycles. The Hall–Kier alpha value is -2.44. The number of ether oxygens (including phenoxy) is 1. The summed E-state index contributed by atoms with van der Waals surface area (Å²) in [5, 5.41) is 3.37. The molecule has 1 aliphatic rings. The lowest BCUT2D eigenvalue weighted by Gasteiger charge is -2.09. The molecule has 0 amide bonds. The maximum atomic E-state index is 5.57. The van der Waals surface area contributed by atoms with Crippen LogP contribution in [0.4, 0.5) is 5.69 Å². The van der Waals surface area contributed by atoms with E-state index in [-0.39, 0.29) is 11.9 Å². The summed E-state index contributed by atoms with van der Waals surface area (Å²) < 4.78 is 5.25. The van der Waals surface area contributed by atoms with Crippen LogP contribution in [0.2, 0.25) is 0 Å². The highest BCUT2D eigenvalue weighted by atomic mass is 16.5. The molecule has 0 aliphatic carbocycles. The molecule has 2 rings (SSSR count). The van der Waals surface area contributed by atoms with Crippen molar-refractivity contribution in [1.82, 2.24) is 0 Å². The third-order valence-electron chi connectivity index (χ3n) is 3.23. The first-order chi connectivity index (χ1) is 9.60. The smallest absolute Gasteiger partial charge is 0.218 e. The maximum Gasteiger partial charge on any atom is 0.218 e. The van der Waals surface area contributed by atoms with E-state index in [1.54, 1.807) is 7.11 Å². The van der Waals surface area contributed by atoms with Crippen LogP contribution in [0.25, 0.3) is 0 Å². The standard InChI is InChI=1S/C13H20N6O/c1-20-9-2-3-11-10(6-9)8(7-18-11)4-5-17-13(16)19-12(14)15/h2-3,6,8,18H,4-5,7H2,1H3,(H6,14,15,16,17,19). The zero-order chi connectivity index (χ0) is 14.5. The lowest BCUT2D eigenvalue weighted by atomic mass is 9.98. The van der Waals surface area contributed by atoms with Crippen LogP contribution in [0.15, 0.2) is 28.2 Å². The van der Waals surface area contributed by atoms with Crippen LogP contribution in [0, 0.1) is 0 Å². The molecule has 1 aliphatic heterocycles. The topological polar surface area (TPSA) is 124 Å². The molecule has 0 spiro atoms. The molecule has 1 atom stereocenters. The lowest BCUT2D eigenvalue weighted by molar-refractivity contribution is 0.414. The number of hydrogen-bond donors (Lipinski definition) is 4. The van der Waals surface area contributed by atoms with Gasteiger partial charge in [0.05, 0.1) is 7.11 Å². The number of nitrogens with one attached hydrogen (secondary N) is 1. The van der Waals surface area contributed by atoms with Crippen molar-refractivity contribution >= 4 is 17.6 Å². The molecule has 1 heterocycles. The Morgan fingerprint density at radius 1 is 1.40 bits per heavy atom. The van der Waals surface area contributed by atoms with Gasteiger partial charge in [0.25, 0.3) is 0 Å². The SMILES string of the molecule is COc1ccc2c(c1)C(CCN=C(N)N=C(N)N)CN2. The van der Waals surface area contributed by atoms with Gasteiger partial charge in [0, 0.05) is 24.7 Å². The van der Waals surface area contributed by atoms with Gasteiger partial charge in [-0.25, -0.2) is 0 Å². The predicted octanol–water partition coefficient (Wildman–Crippen LogP) is 0.183. The number of nitrogens with two attached hydrogens (primary N) is 3. The van der Waals surface area contributed by atoms with E-state index in [0.29, 0.717) is 12.5 Å². The Morgan fingerprint density at radius 2 is 2.20 bits per heavy atom. The number of methoxy groups -OCH3 is 1. The van der Waals surface area contributed by atoms with Crippen molar-refractivity contribution in [2.75, 3.05) is 25.5 Å². The van der Waals surface area contributed by atoms with Gasteiger partial charge in [-0.2, -0.15) is 4.99 Å². The molecule has 1 unspecified atom stereocenters. The van der Waals surface area contributed by atoms with Gasteiger partial charge in [0.15, 0.2) is 5.96 Å². The summed E-state index contributed by atoms with van der Waals surface area (Å²) in [5.41, 5.74) is 18.4. The summed E-state index contributed by atoms with van der Waals surface area (Å²) in [4.78, 5) is 7.81. The Morgan fingerprint density at radius 3 is 2.90 bits per heavy atom. The van der Waals surface area contributed by atoms with E-state index in [0.717, 1.165) is 24.4 Å². The minimum absolute atomic E-state index is 0.0798. The van der Waals surface area contributed by atoms with E-state index in [1.807, 2.05) is 12.1 Å². The third kappa shape index (κ3) is 3.31. The summed E-state index contributed by atoms with van der Waals surface area (Å²) in [6.45, 7) is 1.46. The molecule has 0 aromatic heterocycles. The maximum absolute atomic E-state index is 5.57. The largest absolute Gasteiger partial charge is 0.497 e. The number of rotatable bonds is 4. The molecule has 7 nitrogen and oxygen atoms in total. The summed E-state index contributed by atoms with van der Waals surface area (Å²) >= 11 is 0. The van der Waals surface area contributed by atoms with Crippen LogP contribution in [-0.2, 0) is 0 Å². The van der Waals surface area contributed by atoms with E-state index >= 15 is 0 Å². The average Bonchev–Trinajstić information content (AvgIpc) is 2.80. The van der Waals surface area contributed by atoms with Crippen molar-refractivity contribution in [1.29, 1.82) is 0 Å². The van der Waals surface area contributed by atoms with Gasteiger partial charge >= 0.3 is 0 Å². The van der Waals surface area contributed by atoms with E-state index in [4.69, 9.17) is 21.9 Å². The number of nitrogens with zero attached hydrogens (tertiary/aromatic N) is 2. The third-order valence-corrected chi connectivity index (χ3v) is 3.23. The molecule has 1 aromatic rings. The summed E-state index contributed by atoms with van der Waals surface area (Å²) in [6, 6.07) is 6.04. The van der Waals surface area contributed by atoms with Gasteiger partial charge in [-0.15, -0.1) is 0 Å². The highest BCUT2D eigenvalue weighted by Crippen LogP contribution is 2.35. The highest BCUT2D eigenvalue weighted by Gasteiger charge is 2.22. The second kappa shape index (κ2) is 6.14. The summed E-state index contributed by atoms with van der Waals surface area (Å²) in [5.74, 6) is 1.28. The predicted molar refractivity (Wildman–Crippen MR) is 81.1 cm³/mol. The molecule has 108 valence electrons. The fourth-order valence-electron chi connectivity index (χ4n) is 2.27. The zero-order valence-electron chi connectivity index (χ0n) is 11.5. The first kappa shape index (κ1) is 14.0. The molecule has 20 heavy (non-hydrogen) atoms. The number of hydrogen-bond acceptors (Lipinski definition) is 3. The number of guanidine groups is 2. The fourth-order valence-corrected chi connectivity index (χ4v) is 2.27. The van der Waals surface area contributed by atoms with Crippen LogP contribution in [0.3, 0.4) is 0 Å². The quantitative estimate of drug-likeness (QED) is 0.461. The first-order valence-electron chi connectivity index (χ1n) is 6.41. The van der Waals surface area contributed by atoms with Crippen LogP contribution in [0.1, 0.15) is 17.9 Å². The zero-order valence-corrected chi connectivity index (χ0v) is 11.5. The Kier molecular flexibility index (Phi) is 4.29. The van der Waals surface area contributed by atoms with Crippen LogP contribution >= 0.6 is 0 Å². The minimum atomic E-state index is -0.0798. The molecule has 7 N–H and O–H groups in total. The van der Waals surface area contributed by atoms with Crippen molar-refractivity contribution in [3.8, 4) is 5.75 Å². The van der Waals surface area contributed by atoms with Crippen LogP contribution in [0.5, 0.6) is 5.75 Å². The highest BCUT2D eigenvalue weighted by molar-refractivity contribution is 5.92. The Labute approximate surface area is 117 Å². The van der Waals surface area contributed by atoms with E-state index < -0.39 is 0 Å². The van der Waals surface area contributed by atoms with Gasteiger partial charge in [0.1, 0.15) is 5.75 Å². The van der Waals surface area contributed by atoms with E-state index in [1.165, 1.54) is 5.56 Å². The van der Waals surface area contributed by atoms with Crippen molar-refractivity contribution in [3.05, 3.63) is 23.8 Å². The number of anilines is 1. The normalized spacial score (nSPS) is 17.2. The molecular formula is C13H20N6O. The van der Waals surface area contributed by atoms with Crippen molar-refractivity contribution in [2.45, 2.75) is 12.3 Å². The lowest BCUT2D eigenvalue weighted by Crippen LogP contribution is -2.26. The van der Waals surface area contributed by atoms with Crippen LogP contribution in [-0.4, -0.2) is 32.1 Å². The number of aliphatic imine (C=N–C) groups is 2. The van der Waals surface area contributed by atoms with Gasteiger partial charge < -0.3 is 27.3 Å². The molecule has 7 heteroatoms. The van der Waals surface area contributed by atoms with Gasteiger partial charge in [-0.3, -0.25) is 4.99 Å². The molecule has 0 radical (unpaired) electrons. The minimum Gasteiger partial charge on any atom is -0.497 e. The monoisotopic (exact) mass is 276 g/mol. The van der Waals surface area contributed by atoms with Gasteiger partial charge in [-0.05, 0) is 30.2 Å². The Balaban J connectivity index is 1.99. The number of benzene rings is 1. The molecule has 0 fully saturated rings. The Bertz CT molecular complexity index is 536.